The summed E-state index contributed by atoms with van der Waals surface area (Å²) in [7, 11) is 0. The molecule has 1 aromatic heterocycles. The van der Waals surface area contributed by atoms with Crippen LogP contribution in [0.2, 0.25) is 0 Å². The smallest absolute Gasteiger partial charge is 0.301 e. The van der Waals surface area contributed by atoms with Gasteiger partial charge >= 0.3 is 5.91 Å². The molecule has 1 N–H and O–H groups in total. The summed E-state index contributed by atoms with van der Waals surface area (Å²) in [6.45, 7) is 1.94. The molecular weight excluding hydrogens is 419 g/mol. The van der Waals surface area contributed by atoms with Crippen molar-refractivity contribution in [2.24, 2.45) is 0 Å². The average molecular weight is 436 g/mol. The fourth-order valence-corrected chi connectivity index (χ4v) is 4.75. The molecule has 2 aromatic carbocycles. The van der Waals surface area contributed by atoms with E-state index >= 15 is 0 Å². The van der Waals surface area contributed by atoms with Gasteiger partial charge in [0.15, 0.2) is 5.13 Å². The fourth-order valence-electron chi connectivity index (χ4n) is 4.08. The molecule has 5 rings (SSSR count). The molecule has 31 heavy (non-hydrogen) atoms. The van der Waals surface area contributed by atoms with Gasteiger partial charge in [-0.05, 0) is 36.8 Å². The number of benzene rings is 2. The van der Waals surface area contributed by atoms with Gasteiger partial charge in [-0.25, -0.2) is 9.37 Å². The molecular formula is C23H17FN2O4S. The lowest BCUT2D eigenvalue weighted by Gasteiger charge is -2.23. The number of fused-ring (bicyclic) bond motifs is 1. The quantitative estimate of drug-likeness (QED) is 0.378. The molecule has 3 aromatic rings. The molecule has 1 fully saturated rings. The predicted octanol–water partition coefficient (Wildman–Crippen LogP) is 4.23. The molecule has 0 bridgehead atoms. The highest BCUT2D eigenvalue weighted by Crippen LogP contribution is 2.44. The number of rotatable bonds is 3. The van der Waals surface area contributed by atoms with Crippen LogP contribution in [-0.2, 0) is 16.0 Å². The molecule has 0 radical (unpaired) electrons. The number of hydrogen-bond acceptors (Lipinski definition) is 6. The third-order valence-corrected chi connectivity index (χ3v) is 6.21. The number of hydrogen-bond donors (Lipinski definition) is 1. The first kappa shape index (κ1) is 19.4. The molecule has 156 valence electrons. The van der Waals surface area contributed by atoms with Gasteiger partial charge in [-0.15, -0.1) is 11.3 Å². The summed E-state index contributed by atoms with van der Waals surface area (Å²) in [6.07, 6.45) is 2.18. The predicted molar refractivity (Wildman–Crippen MR) is 114 cm³/mol. The van der Waals surface area contributed by atoms with Crippen LogP contribution in [0.5, 0.6) is 5.75 Å². The van der Waals surface area contributed by atoms with Crippen molar-refractivity contribution in [3.8, 4) is 5.75 Å². The van der Waals surface area contributed by atoms with E-state index in [-0.39, 0.29) is 28.1 Å². The molecule has 2 aliphatic heterocycles. The number of aliphatic hydroxyl groups is 1. The minimum absolute atomic E-state index is 0.0151. The van der Waals surface area contributed by atoms with Crippen LogP contribution in [0.1, 0.15) is 29.7 Å². The van der Waals surface area contributed by atoms with E-state index in [4.69, 9.17) is 4.74 Å². The number of thiazole rings is 1. The minimum atomic E-state index is -1.13. The zero-order valence-electron chi connectivity index (χ0n) is 16.4. The van der Waals surface area contributed by atoms with Gasteiger partial charge in [-0.1, -0.05) is 18.2 Å². The first-order valence-corrected chi connectivity index (χ1v) is 10.6. The second-order valence-electron chi connectivity index (χ2n) is 7.46. The van der Waals surface area contributed by atoms with E-state index in [1.54, 1.807) is 29.6 Å². The molecule has 2 atom stereocenters. The summed E-state index contributed by atoms with van der Waals surface area (Å²) in [5, 5.41) is 13.1. The highest BCUT2D eigenvalue weighted by molar-refractivity contribution is 7.14. The Bertz CT molecular complexity index is 1240. The number of nitrogens with zero attached hydrogens (tertiary/aromatic N) is 2. The van der Waals surface area contributed by atoms with Crippen LogP contribution in [0.15, 0.2) is 59.6 Å². The van der Waals surface area contributed by atoms with Crippen molar-refractivity contribution in [3.63, 3.8) is 0 Å². The fraction of sp³-hybridized carbons (Fsp3) is 0.174. The van der Waals surface area contributed by atoms with Crippen molar-refractivity contribution in [2.45, 2.75) is 25.5 Å². The number of carbonyl (C=O) groups is 2. The number of amides is 1. The van der Waals surface area contributed by atoms with Crippen LogP contribution in [0.25, 0.3) is 5.76 Å². The summed E-state index contributed by atoms with van der Waals surface area (Å²) in [5.74, 6) is -1.96. The number of aromatic nitrogens is 1. The lowest BCUT2D eigenvalue weighted by atomic mass is 9.94. The number of aliphatic hydroxyl groups excluding tert-OH is 1. The summed E-state index contributed by atoms with van der Waals surface area (Å²) in [5.41, 5.74) is 1.21. The third-order valence-electron chi connectivity index (χ3n) is 5.44. The third kappa shape index (κ3) is 3.11. The first-order valence-electron chi connectivity index (χ1n) is 9.70. The Kier molecular flexibility index (Phi) is 4.59. The highest BCUT2D eigenvalue weighted by Gasteiger charge is 2.48. The maximum absolute atomic E-state index is 14.8. The van der Waals surface area contributed by atoms with Crippen LogP contribution >= 0.6 is 11.3 Å². The molecule has 1 amide bonds. The molecule has 2 aliphatic rings. The van der Waals surface area contributed by atoms with Gasteiger partial charge in [-0.2, -0.15) is 0 Å². The molecule has 0 aliphatic carbocycles. The Morgan fingerprint density at radius 1 is 1.26 bits per heavy atom. The molecule has 2 unspecified atom stereocenters. The van der Waals surface area contributed by atoms with Gasteiger partial charge in [0, 0.05) is 29.1 Å². The van der Waals surface area contributed by atoms with E-state index in [2.05, 4.69) is 4.98 Å². The first-order chi connectivity index (χ1) is 15.0. The highest BCUT2D eigenvalue weighted by atomic mass is 32.1. The van der Waals surface area contributed by atoms with Gasteiger partial charge in [0.05, 0.1) is 5.57 Å². The van der Waals surface area contributed by atoms with Crippen LogP contribution in [0.3, 0.4) is 0 Å². The van der Waals surface area contributed by atoms with E-state index in [1.165, 1.54) is 24.4 Å². The number of halogens is 1. The monoisotopic (exact) mass is 436 g/mol. The summed E-state index contributed by atoms with van der Waals surface area (Å²) >= 11 is 1.15. The summed E-state index contributed by atoms with van der Waals surface area (Å²) < 4.78 is 20.5. The topological polar surface area (TPSA) is 79.7 Å². The van der Waals surface area contributed by atoms with Crippen molar-refractivity contribution in [1.82, 2.24) is 4.98 Å². The van der Waals surface area contributed by atoms with E-state index in [0.29, 0.717) is 12.0 Å². The van der Waals surface area contributed by atoms with Crippen LogP contribution in [0, 0.1) is 5.82 Å². The van der Waals surface area contributed by atoms with Gasteiger partial charge < -0.3 is 9.84 Å². The minimum Gasteiger partial charge on any atom is -0.507 e. The molecule has 3 heterocycles. The molecule has 6 nitrogen and oxygen atoms in total. The Labute approximate surface area is 181 Å². The van der Waals surface area contributed by atoms with Crippen molar-refractivity contribution in [1.29, 1.82) is 0 Å². The SMILES string of the molecule is CC1Cc2cc(/C(O)=C3/C(=O)C(=O)N(c4nccs4)C3c3ccccc3F)ccc2O1. The van der Waals surface area contributed by atoms with Crippen molar-refractivity contribution < 1.29 is 23.8 Å². The van der Waals surface area contributed by atoms with Gasteiger partial charge in [0.1, 0.15) is 29.5 Å². The number of ether oxygens (including phenoxy) is 1. The van der Waals surface area contributed by atoms with E-state index < -0.39 is 23.5 Å². The largest absolute Gasteiger partial charge is 0.507 e. The summed E-state index contributed by atoms with van der Waals surface area (Å²) in [6, 6.07) is 9.86. The molecule has 8 heteroatoms. The standard InChI is InChI=1S/C23H17FN2O4S/c1-12-10-14-11-13(6-7-17(14)30-12)20(27)18-19(15-4-2-3-5-16(15)24)26(22(29)21(18)28)23-25-8-9-31-23/h2-9,11-12,19,27H,10H2,1H3/b20-18-. The number of carbonyl (C=O) groups excluding carboxylic acids is 2. The van der Waals surface area contributed by atoms with E-state index in [1.807, 2.05) is 6.92 Å². The average Bonchev–Trinajstić information content (AvgIpc) is 3.46. The lowest BCUT2D eigenvalue weighted by molar-refractivity contribution is -0.132. The molecule has 0 saturated carbocycles. The molecule has 1 saturated heterocycles. The van der Waals surface area contributed by atoms with Crippen LogP contribution in [-0.4, -0.2) is 27.9 Å². The second kappa shape index (κ2) is 7.31. The normalized spacial score (nSPS) is 21.9. The van der Waals surface area contributed by atoms with Gasteiger partial charge in [-0.3, -0.25) is 14.5 Å². The van der Waals surface area contributed by atoms with Crippen molar-refractivity contribution >= 4 is 33.9 Å². The lowest BCUT2D eigenvalue weighted by Crippen LogP contribution is -2.29. The second-order valence-corrected chi connectivity index (χ2v) is 8.33. The Morgan fingerprint density at radius 3 is 2.81 bits per heavy atom. The number of ketones is 1. The Balaban J connectivity index is 1.70. The number of anilines is 1. The Hall–Kier alpha value is -3.52. The van der Waals surface area contributed by atoms with Crippen molar-refractivity contribution in [3.05, 3.63) is 82.1 Å². The van der Waals surface area contributed by atoms with Gasteiger partial charge in [0.25, 0.3) is 5.78 Å². The van der Waals surface area contributed by atoms with Crippen LogP contribution in [0.4, 0.5) is 9.52 Å². The maximum Gasteiger partial charge on any atom is 0.301 e. The number of Topliss-reactive ketones (excluding diaryl/α,β-unsaturated/α-hetero) is 1. The van der Waals surface area contributed by atoms with Gasteiger partial charge in [0.2, 0.25) is 0 Å². The zero-order valence-corrected chi connectivity index (χ0v) is 17.2. The zero-order chi connectivity index (χ0) is 21.7. The van der Waals surface area contributed by atoms with Crippen LogP contribution < -0.4 is 9.64 Å². The van der Waals surface area contributed by atoms with E-state index in [0.717, 1.165) is 27.5 Å². The Morgan fingerprint density at radius 2 is 2.06 bits per heavy atom. The van der Waals surface area contributed by atoms with Crippen molar-refractivity contribution in [2.75, 3.05) is 4.90 Å². The summed E-state index contributed by atoms with van der Waals surface area (Å²) in [4.78, 5) is 31.2. The molecule has 0 spiro atoms. The van der Waals surface area contributed by atoms with E-state index in [9.17, 15) is 19.1 Å². The maximum atomic E-state index is 14.8.